The number of nitrogens with zero attached hydrogens (tertiary/aromatic N) is 1. The molecule has 2 unspecified atom stereocenters. The molecule has 0 spiro atoms. The second kappa shape index (κ2) is 7.26. The highest BCUT2D eigenvalue weighted by Gasteiger charge is 2.32. The third-order valence-corrected chi connectivity index (χ3v) is 5.72. The zero-order chi connectivity index (χ0) is 13.8. The molecule has 3 aliphatic rings. The number of unbranched alkanes of at least 4 members (excludes halogenated alkanes) is 1. The fraction of sp³-hybridized carbons (Fsp3) is 1.00. The van der Waals surface area contributed by atoms with Crippen LogP contribution in [0.25, 0.3) is 0 Å². The topological polar surface area (TPSA) is 15.3 Å². The van der Waals surface area contributed by atoms with Crippen LogP contribution in [0, 0.1) is 17.8 Å². The van der Waals surface area contributed by atoms with E-state index in [2.05, 4.69) is 17.1 Å². The van der Waals surface area contributed by atoms with Crippen LogP contribution in [0.4, 0.5) is 0 Å². The number of hydrogen-bond acceptors (Lipinski definition) is 2. The summed E-state index contributed by atoms with van der Waals surface area (Å²) >= 11 is 0. The van der Waals surface area contributed by atoms with Crippen LogP contribution in [0.2, 0.25) is 0 Å². The van der Waals surface area contributed by atoms with Gasteiger partial charge in [0.1, 0.15) is 0 Å². The highest BCUT2D eigenvalue weighted by molar-refractivity contribution is 4.88. The minimum Gasteiger partial charge on any atom is -0.312 e. The standard InChI is InChI=1S/C18H34N2/c1-2-3-9-20-13-17(10-15-7-8-15)11-18(14-20)19-12-16-5-4-6-16/h15-19H,2-14H2,1H3. The first-order valence-corrected chi connectivity index (χ1v) is 9.29. The number of hydrogen-bond donors (Lipinski definition) is 1. The van der Waals surface area contributed by atoms with E-state index in [0.29, 0.717) is 0 Å². The summed E-state index contributed by atoms with van der Waals surface area (Å²) in [5.74, 6) is 3.08. The Bertz CT molecular complexity index is 283. The normalized spacial score (nSPS) is 32.2. The molecule has 0 aromatic rings. The van der Waals surface area contributed by atoms with Crippen molar-refractivity contribution < 1.29 is 0 Å². The lowest BCUT2D eigenvalue weighted by atomic mass is 9.84. The predicted molar refractivity (Wildman–Crippen MR) is 85.9 cm³/mol. The summed E-state index contributed by atoms with van der Waals surface area (Å²) in [6, 6.07) is 0.782. The van der Waals surface area contributed by atoms with Gasteiger partial charge in [-0.25, -0.2) is 0 Å². The van der Waals surface area contributed by atoms with Gasteiger partial charge in [0, 0.05) is 19.1 Å². The first-order valence-electron chi connectivity index (χ1n) is 9.29. The molecule has 1 aliphatic heterocycles. The molecule has 20 heavy (non-hydrogen) atoms. The predicted octanol–water partition coefficient (Wildman–Crippen LogP) is 3.67. The molecule has 2 aliphatic carbocycles. The van der Waals surface area contributed by atoms with Gasteiger partial charge in [0.2, 0.25) is 0 Å². The smallest absolute Gasteiger partial charge is 0.0198 e. The van der Waals surface area contributed by atoms with E-state index in [-0.39, 0.29) is 0 Å². The lowest BCUT2D eigenvalue weighted by Crippen LogP contribution is -2.50. The highest BCUT2D eigenvalue weighted by Crippen LogP contribution is 2.38. The van der Waals surface area contributed by atoms with E-state index in [1.54, 1.807) is 0 Å². The molecule has 1 heterocycles. The van der Waals surface area contributed by atoms with Crippen LogP contribution in [0.5, 0.6) is 0 Å². The zero-order valence-electron chi connectivity index (χ0n) is 13.4. The van der Waals surface area contributed by atoms with Crippen molar-refractivity contribution in [2.75, 3.05) is 26.2 Å². The molecular weight excluding hydrogens is 244 g/mol. The van der Waals surface area contributed by atoms with E-state index in [1.165, 1.54) is 84.0 Å². The van der Waals surface area contributed by atoms with Crippen molar-refractivity contribution in [3.8, 4) is 0 Å². The van der Waals surface area contributed by atoms with Gasteiger partial charge in [0.15, 0.2) is 0 Å². The number of rotatable bonds is 8. The van der Waals surface area contributed by atoms with Gasteiger partial charge < -0.3 is 10.2 Å². The van der Waals surface area contributed by atoms with Gasteiger partial charge >= 0.3 is 0 Å². The van der Waals surface area contributed by atoms with E-state index in [9.17, 15) is 0 Å². The Kier molecular flexibility index (Phi) is 5.39. The minimum absolute atomic E-state index is 0.782. The highest BCUT2D eigenvalue weighted by atomic mass is 15.2. The summed E-state index contributed by atoms with van der Waals surface area (Å²) < 4.78 is 0. The quantitative estimate of drug-likeness (QED) is 0.729. The lowest BCUT2D eigenvalue weighted by molar-refractivity contribution is 0.125. The average molecular weight is 278 g/mol. The summed E-state index contributed by atoms with van der Waals surface area (Å²) in [6.07, 6.45) is 13.2. The first-order chi connectivity index (χ1) is 9.83. The fourth-order valence-corrected chi connectivity index (χ4v) is 4.04. The van der Waals surface area contributed by atoms with Crippen LogP contribution < -0.4 is 5.32 Å². The number of nitrogens with one attached hydrogen (secondary N) is 1. The maximum absolute atomic E-state index is 3.91. The average Bonchev–Trinajstić information content (AvgIpc) is 3.18. The fourth-order valence-electron chi connectivity index (χ4n) is 4.04. The molecule has 3 fully saturated rings. The van der Waals surface area contributed by atoms with E-state index in [4.69, 9.17) is 0 Å². The van der Waals surface area contributed by atoms with Crippen molar-refractivity contribution in [2.24, 2.45) is 17.8 Å². The Morgan fingerprint density at radius 3 is 2.50 bits per heavy atom. The Labute approximate surface area is 125 Å². The largest absolute Gasteiger partial charge is 0.312 e. The van der Waals surface area contributed by atoms with Crippen molar-refractivity contribution in [1.29, 1.82) is 0 Å². The van der Waals surface area contributed by atoms with Crippen LogP contribution in [-0.2, 0) is 0 Å². The van der Waals surface area contributed by atoms with Gasteiger partial charge in [0.05, 0.1) is 0 Å². The van der Waals surface area contributed by atoms with E-state index < -0.39 is 0 Å². The van der Waals surface area contributed by atoms with Gasteiger partial charge in [-0.05, 0) is 62.9 Å². The monoisotopic (exact) mass is 278 g/mol. The summed E-state index contributed by atoms with van der Waals surface area (Å²) in [6.45, 7) is 7.64. The molecule has 0 bridgehead atoms. The molecule has 1 N–H and O–H groups in total. The van der Waals surface area contributed by atoms with Gasteiger partial charge in [-0.1, -0.05) is 32.6 Å². The summed E-state index contributed by atoms with van der Waals surface area (Å²) in [4.78, 5) is 2.76. The van der Waals surface area contributed by atoms with E-state index in [0.717, 1.165) is 23.8 Å². The molecule has 0 aromatic carbocycles. The molecule has 2 atom stereocenters. The van der Waals surface area contributed by atoms with Crippen molar-refractivity contribution in [1.82, 2.24) is 10.2 Å². The van der Waals surface area contributed by atoms with Crippen molar-refractivity contribution in [3.05, 3.63) is 0 Å². The van der Waals surface area contributed by atoms with Gasteiger partial charge in [-0.3, -0.25) is 0 Å². The van der Waals surface area contributed by atoms with Gasteiger partial charge in [0.25, 0.3) is 0 Å². The van der Waals surface area contributed by atoms with Crippen LogP contribution in [-0.4, -0.2) is 37.1 Å². The Balaban J connectivity index is 1.45. The van der Waals surface area contributed by atoms with Crippen molar-refractivity contribution in [2.45, 2.75) is 70.8 Å². The van der Waals surface area contributed by atoms with E-state index >= 15 is 0 Å². The Morgan fingerprint density at radius 2 is 1.85 bits per heavy atom. The molecule has 0 aromatic heterocycles. The maximum atomic E-state index is 3.91. The third kappa shape index (κ3) is 4.46. The second-order valence-corrected chi connectivity index (χ2v) is 7.80. The summed E-state index contributed by atoms with van der Waals surface area (Å²) in [5.41, 5.74) is 0. The molecule has 116 valence electrons. The summed E-state index contributed by atoms with van der Waals surface area (Å²) in [5, 5.41) is 3.91. The summed E-state index contributed by atoms with van der Waals surface area (Å²) in [7, 11) is 0. The molecule has 0 radical (unpaired) electrons. The van der Waals surface area contributed by atoms with Crippen LogP contribution >= 0.6 is 0 Å². The Morgan fingerprint density at radius 1 is 1.00 bits per heavy atom. The molecule has 2 nitrogen and oxygen atoms in total. The number of piperidine rings is 1. The second-order valence-electron chi connectivity index (χ2n) is 7.80. The van der Waals surface area contributed by atoms with Gasteiger partial charge in [-0.2, -0.15) is 0 Å². The molecule has 0 amide bonds. The SMILES string of the molecule is CCCCN1CC(CC2CC2)CC(NCC2CCC2)C1. The van der Waals surface area contributed by atoms with Crippen LogP contribution in [0.1, 0.15) is 64.7 Å². The Hall–Kier alpha value is -0.0800. The lowest BCUT2D eigenvalue weighted by Gasteiger charge is -2.39. The third-order valence-electron chi connectivity index (χ3n) is 5.72. The van der Waals surface area contributed by atoms with Crippen molar-refractivity contribution >= 4 is 0 Å². The number of likely N-dealkylation sites (tertiary alicyclic amines) is 1. The van der Waals surface area contributed by atoms with Crippen molar-refractivity contribution in [3.63, 3.8) is 0 Å². The zero-order valence-corrected chi connectivity index (χ0v) is 13.4. The minimum atomic E-state index is 0.782. The molecule has 3 rings (SSSR count). The molecule has 1 saturated heterocycles. The molecular formula is C18H34N2. The van der Waals surface area contributed by atoms with Crippen LogP contribution in [0.3, 0.4) is 0 Å². The van der Waals surface area contributed by atoms with Gasteiger partial charge in [-0.15, -0.1) is 0 Å². The maximum Gasteiger partial charge on any atom is 0.0198 e. The first kappa shape index (κ1) is 14.8. The molecule has 2 saturated carbocycles. The molecule has 2 heteroatoms. The van der Waals surface area contributed by atoms with Crippen LogP contribution in [0.15, 0.2) is 0 Å². The van der Waals surface area contributed by atoms with E-state index in [1.807, 2.05) is 0 Å².